The van der Waals surface area contributed by atoms with E-state index >= 15 is 0 Å². The van der Waals surface area contributed by atoms with Gasteiger partial charge in [-0.3, -0.25) is 0 Å². The summed E-state index contributed by atoms with van der Waals surface area (Å²) < 4.78 is 43.1. The van der Waals surface area contributed by atoms with Crippen molar-refractivity contribution in [2.24, 2.45) is 5.41 Å². The van der Waals surface area contributed by atoms with Gasteiger partial charge in [0.25, 0.3) is 0 Å². The van der Waals surface area contributed by atoms with Gasteiger partial charge in [0.2, 0.25) is 0 Å². The molecule has 106 valence electrons. The number of halogens is 3. The molecule has 0 amide bonds. The predicted octanol–water partition coefficient (Wildman–Crippen LogP) is 3.39. The number of benzene rings is 1. The number of hydrogen-bond acceptors (Lipinski definition) is 2. The third-order valence-corrected chi connectivity index (χ3v) is 3.45. The average molecular weight is 273 g/mol. The van der Waals surface area contributed by atoms with E-state index in [1.54, 1.807) is 6.07 Å². The van der Waals surface area contributed by atoms with E-state index in [9.17, 15) is 13.2 Å². The zero-order chi connectivity index (χ0) is 14.1. The van der Waals surface area contributed by atoms with Gasteiger partial charge in [0.15, 0.2) is 0 Å². The predicted molar refractivity (Wildman–Crippen MR) is 66.8 cm³/mol. The Hall–Kier alpha value is -1.07. The van der Waals surface area contributed by atoms with Gasteiger partial charge < -0.3 is 10.1 Å². The topological polar surface area (TPSA) is 21.3 Å². The minimum absolute atomic E-state index is 0.107. The Bertz CT molecular complexity index is 441. The van der Waals surface area contributed by atoms with Crippen molar-refractivity contribution in [3.63, 3.8) is 0 Å². The molecule has 1 heterocycles. The summed E-state index contributed by atoms with van der Waals surface area (Å²) in [7, 11) is 0. The van der Waals surface area contributed by atoms with Gasteiger partial charge in [-0.15, -0.1) is 0 Å². The molecule has 0 aliphatic carbocycles. The third kappa shape index (κ3) is 3.48. The van der Waals surface area contributed by atoms with Gasteiger partial charge in [0.1, 0.15) is 0 Å². The summed E-state index contributed by atoms with van der Waals surface area (Å²) in [6.07, 6.45) is -4.29. The molecule has 2 rings (SSSR count). The molecule has 1 aliphatic heterocycles. The minimum atomic E-state index is -4.29. The normalized spacial score (nSPS) is 19.8. The van der Waals surface area contributed by atoms with Gasteiger partial charge in [-0.05, 0) is 24.6 Å². The van der Waals surface area contributed by atoms with Crippen molar-refractivity contribution in [3.8, 4) is 0 Å². The van der Waals surface area contributed by atoms with Gasteiger partial charge >= 0.3 is 6.18 Å². The van der Waals surface area contributed by atoms with Crippen LogP contribution in [0.15, 0.2) is 24.3 Å². The van der Waals surface area contributed by atoms with E-state index in [4.69, 9.17) is 4.74 Å². The highest BCUT2D eigenvalue weighted by Gasteiger charge is 2.34. The van der Waals surface area contributed by atoms with Crippen LogP contribution in [-0.2, 0) is 10.9 Å². The Morgan fingerprint density at radius 2 is 2.05 bits per heavy atom. The van der Waals surface area contributed by atoms with Crippen molar-refractivity contribution >= 4 is 0 Å². The van der Waals surface area contributed by atoms with E-state index < -0.39 is 11.7 Å². The van der Waals surface area contributed by atoms with Gasteiger partial charge in [0.05, 0.1) is 18.8 Å². The lowest BCUT2D eigenvalue weighted by molar-refractivity contribution is -0.137. The van der Waals surface area contributed by atoms with Crippen molar-refractivity contribution in [1.29, 1.82) is 0 Å². The quantitative estimate of drug-likeness (QED) is 0.908. The number of hydrogen-bond donors (Lipinski definition) is 1. The van der Waals surface area contributed by atoms with E-state index in [1.807, 2.05) is 6.92 Å². The molecule has 1 aromatic rings. The molecule has 1 unspecified atom stereocenters. The largest absolute Gasteiger partial charge is 0.416 e. The highest BCUT2D eigenvalue weighted by Crippen LogP contribution is 2.31. The minimum Gasteiger partial charge on any atom is -0.380 e. The standard InChI is InChI=1S/C14H18F3NO/c1-10(18-7-13(2)8-19-9-13)11-4-3-5-12(6-11)14(15,16)17/h3-6,10,18H,7-9H2,1-2H3. The lowest BCUT2D eigenvalue weighted by Crippen LogP contribution is -2.47. The van der Waals surface area contributed by atoms with Crippen molar-refractivity contribution in [2.45, 2.75) is 26.1 Å². The zero-order valence-electron chi connectivity index (χ0n) is 11.1. The molecule has 1 N–H and O–H groups in total. The molecular formula is C14H18F3NO. The summed E-state index contributed by atoms with van der Waals surface area (Å²) in [5, 5.41) is 3.27. The van der Waals surface area contributed by atoms with Crippen LogP contribution >= 0.6 is 0 Å². The van der Waals surface area contributed by atoms with Crippen molar-refractivity contribution in [1.82, 2.24) is 5.32 Å². The van der Waals surface area contributed by atoms with Crippen molar-refractivity contribution in [3.05, 3.63) is 35.4 Å². The number of ether oxygens (including phenoxy) is 1. The fraction of sp³-hybridized carbons (Fsp3) is 0.571. The molecule has 0 radical (unpaired) electrons. The first-order valence-electron chi connectivity index (χ1n) is 6.28. The molecule has 1 fully saturated rings. The Balaban J connectivity index is 2.00. The molecule has 5 heteroatoms. The second kappa shape index (κ2) is 5.13. The van der Waals surface area contributed by atoms with Gasteiger partial charge in [-0.25, -0.2) is 0 Å². The number of alkyl halides is 3. The lowest BCUT2D eigenvalue weighted by atomic mass is 9.88. The van der Waals surface area contributed by atoms with Crippen LogP contribution in [0, 0.1) is 5.41 Å². The van der Waals surface area contributed by atoms with Crippen molar-refractivity contribution < 1.29 is 17.9 Å². The zero-order valence-corrected chi connectivity index (χ0v) is 11.1. The molecule has 1 atom stereocenters. The van der Waals surface area contributed by atoms with E-state index in [-0.39, 0.29) is 11.5 Å². The van der Waals surface area contributed by atoms with Gasteiger partial charge in [-0.1, -0.05) is 19.1 Å². The Morgan fingerprint density at radius 3 is 2.58 bits per heavy atom. The highest BCUT2D eigenvalue weighted by molar-refractivity contribution is 5.27. The summed E-state index contributed by atoms with van der Waals surface area (Å²) in [5.74, 6) is 0. The summed E-state index contributed by atoms with van der Waals surface area (Å²) in [6, 6.07) is 5.35. The van der Waals surface area contributed by atoms with Crippen LogP contribution in [-0.4, -0.2) is 19.8 Å². The summed E-state index contributed by atoms with van der Waals surface area (Å²) in [6.45, 7) is 6.12. The number of nitrogens with one attached hydrogen (secondary N) is 1. The molecular weight excluding hydrogens is 255 g/mol. The molecule has 2 nitrogen and oxygen atoms in total. The van der Waals surface area contributed by atoms with Gasteiger partial charge in [-0.2, -0.15) is 13.2 Å². The molecule has 0 aromatic heterocycles. The number of rotatable bonds is 4. The smallest absolute Gasteiger partial charge is 0.380 e. The van der Waals surface area contributed by atoms with Crippen LogP contribution in [0.3, 0.4) is 0 Å². The van der Waals surface area contributed by atoms with Crippen LogP contribution in [0.5, 0.6) is 0 Å². The molecule has 0 saturated carbocycles. The summed E-state index contributed by atoms with van der Waals surface area (Å²) >= 11 is 0. The SMILES string of the molecule is CC(NCC1(C)COC1)c1cccc(C(F)(F)F)c1. The van der Waals surface area contributed by atoms with Crippen LogP contribution in [0.2, 0.25) is 0 Å². The van der Waals surface area contributed by atoms with Crippen LogP contribution in [0.4, 0.5) is 13.2 Å². The maximum absolute atomic E-state index is 12.6. The molecule has 0 bridgehead atoms. The molecule has 1 saturated heterocycles. The first-order valence-corrected chi connectivity index (χ1v) is 6.28. The molecule has 0 spiro atoms. The Morgan fingerprint density at radius 1 is 1.37 bits per heavy atom. The second-order valence-corrected chi connectivity index (χ2v) is 5.53. The molecule has 1 aromatic carbocycles. The Labute approximate surface area is 111 Å². The van der Waals surface area contributed by atoms with E-state index in [1.165, 1.54) is 12.1 Å². The Kier molecular flexibility index (Phi) is 3.87. The van der Waals surface area contributed by atoms with E-state index in [0.29, 0.717) is 18.8 Å². The average Bonchev–Trinajstić information content (AvgIpc) is 2.33. The first-order chi connectivity index (χ1) is 8.80. The fourth-order valence-corrected chi connectivity index (χ4v) is 2.05. The van der Waals surface area contributed by atoms with Crippen LogP contribution < -0.4 is 5.32 Å². The van der Waals surface area contributed by atoms with Crippen molar-refractivity contribution in [2.75, 3.05) is 19.8 Å². The maximum atomic E-state index is 12.6. The fourth-order valence-electron chi connectivity index (χ4n) is 2.05. The molecule has 1 aliphatic rings. The summed E-state index contributed by atoms with van der Waals surface area (Å²) in [5.41, 5.74) is 0.158. The van der Waals surface area contributed by atoms with Gasteiger partial charge in [0, 0.05) is 18.0 Å². The monoisotopic (exact) mass is 273 g/mol. The van der Waals surface area contributed by atoms with E-state index in [2.05, 4.69) is 12.2 Å². The third-order valence-electron chi connectivity index (χ3n) is 3.45. The second-order valence-electron chi connectivity index (χ2n) is 5.53. The van der Waals surface area contributed by atoms with Crippen LogP contribution in [0.1, 0.15) is 31.0 Å². The highest BCUT2D eigenvalue weighted by atomic mass is 19.4. The summed E-state index contributed by atoms with van der Waals surface area (Å²) in [4.78, 5) is 0. The van der Waals surface area contributed by atoms with E-state index in [0.717, 1.165) is 12.6 Å². The lowest BCUT2D eigenvalue weighted by Gasteiger charge is -2.39. The molecule has 19 heavy (non-hydrogen) atoms. The van der Waals surface area contributed by atoms with Crippen LogP contribution in [0.25, 0.3) is 0 Å². The maximum Gasteiger partial charge on any atom is 0.416 e. The first kappa shape index (κ1) is 14.3.